The lowest BCUT2D eigenvalue weighted by Gasteiger charge is -2.09. The molecule has 0 atom stereocenters. The number of nitrogens with zero attached hydrogens (tertiary/aromatic N) is 4. The molecule has 0 unspecified atom stereocenters. The van der Waals surface area contributed by atoms with Crippen LogP contribution in [0.25, 0.3) is 0 Å². The summed E-state index contributed by atoms with van der Waals surface area (Å²) in [6, 6.07) is 9.74. The highest BCUT2D eigenvalue weighted by Crippen LogP contribution is 2.12. The molecule has 2 aromatic heterocycles. The third-order valence-corrected chi connectivity index (χ3v) is 4.41. The zero-order valence-corrected chi connectivity index (χ0v) is 16.1. The number of nitrogens with one attached hydrogen (secondary N) is 2. The highest BCUT2D eigenvalue weighted by Gasteiger charge is 2.03. The standard InChI is InChI=1S/C18H21ClN6S/c1-14-7-9-21-25(14)10-2-8-20-18(26)23-17-11-22-24(13-17)12-15-3-5-16(19)6-4-15/h3-7,9,11,13H,2,8,10,12H2,1H3,(H2,20,23,26). The third kappa shape index (κ3) is 5.31. The maximum absolute atomic E-state index is 5.91. The Morgan fingerprint density at radius 1 is 1.19 bits per heavy atom. The summed E-state index contributed by atoms with van der Waals surface area (Å²) >= 11 is 11.2. The molecule has 0 saturated carbocycles. The Morgan fingerprint density at radius 2 is 2.00 bits per heavy atom. The summed E-state index contributed by atoms with van der Waals surface area (Å²) in [7, 11) is 0. The van der Waals surface area contributed by atoms with E-state index in [-0.39, 0.29) is 0 Å². The SMILES string of the molecule is Cc1ccnn1CCCNC(=S)Nc1cnn(Cc2ccc(Cl)cc2)c1. The second kappa shape index (κ2) is 8.82. The van der Waals surface area contributed by atoms with E-state index in [2.05, 4.69) is 20.8 Å². The van der Waals surface area contributed by atoms with Crippen LogP contribution in [0.2, 0.25) is 5.02 Å². The van der Waals surface area contributed by atoms with Crippen molar-refractivity contribution >= 4 is 34.6 Å². The van der Waals surface area contributed by atoms with E-state index >= 15 is 0 Å². The number of aryl methyl sites for hydroxylation is 2. The van der Waals surface area contributed by atoms with Crippen molar-refractivity contribution in [1.29, 1.82) is 0 Å². The van der Waals surface area contributed by atoms with Gasteiger partial charge in [-0.3, -0.25) is 9.36 Å². The topological polar surface area (TPSA) is 59.7 Å². The molecule has 0 saturated heterocycles. The van der Waals surface area contributed by atoms with Crippen molar-refractivity contribution in [1.82, 2.24) is 24.9 Å². The zero-order valence-electron chi connectivity index (χ0n) is 14.5. The predicted molar refractivity (Wildman–Crippen MR) is 109 cm³/mol. The molecule has 0 bridgehead atoms. The minimum atomic E-state index is 0.591. The molecule has 8 heteroatoms. The van der Waals surface area contributed by atoms with Crippen LogP contribution < -0.4 is 10.6 Å². The molecule has 0 fully saturated rings. The van der Waals surface area contributed by atoms with Gasteiger partial charge in [0.05, 0.1) is 18.4 Å². The fraction of sp³-hybridized carbons (Fsp3) is 0.278. The van der Waals surface area contributed by atoms with E-state index in [0.717, 1.165) is 35.8 Å². The lowest BCUT2D eigenvalue weighted by atomic mass is 10.2. The van der Waals surface area contributed by atoms with E-state index in [1.807, 2.05) is 59.0 Å². The smallest absolute Gasteiger partial charge is 0.170 e. The fourth-order valence-corrected chi connectivity index (χ4v) is 2.88. The van der Waals surface area contributed by atoms with Gasteiger partial charge < -0.3 is 10.6 Å². The van der Waals surface area contributed by atoms with Gasteiger partial charge in [0.2, 0.25) is 0 Å². The summed E-state index contributed by atoms with van der Waals surface area (Å²) in [5.41, 5.74) is 3.16. The Kier molecular flexibility index (Phi) is 6.25. The first kappa shape index (κ1) is 18.4. The Morgan fingerprint density at radius 3 is 2.73 bits per heavy atom. The third-order valence-electron chi connectivity index (χ3n) is 3.91. The Labute approximate surface area is 163 Å². The normalized spacial score (nSPS) is 10.7. The molecule has 6 nitrogen and oxygen atoms in total. The molecule has 2 heterocycles. The van der Waals surface area contributed by atoms with E-state index in [4.69, 9.17) is 23.8 Å². The van der Waals surface area contributed by atoms with Gasteiger partial charge in [-0.1, -0.05) is 23.7 Å². The molecule has 136 valence electrons. The van der Waals surface area contributed by atoms with Crippen molar-refractivity contribution in [2.24, 2.45) is 0 Å². The van der Waals surface area contributed by atoms with Gasteiger partial charge in [0.1, 0.15) is 0 Å². The zero-order chi connectivity index (χ0) is 18.4. The monoisotopic (exact) mass is 388 g/mol. The van der Waals surface area contributed by atoms with Crippen LogP contribution >= 0.6 is 23.8 Å². The van der Waals surface area contributed by atoms with Crippen LogP contribution in [0.1, 0.15) is 17.7 Å². The largest absolute Gasteiger partial charge is 0.362 e. The number of rotatable bonds is 7. The van der Waals surface area contributed by atoms with Crippen molar-refractivity contribution in [3.63, 3.8) is 0 Å². The number of hydrogen-bond acceptors (Lipinski definition) is 3. The minimum Gasteiger partial charge on any atom is -0.362 e. The second-order valence-corrected chi connectivity index (χ2v) is 6.83. The van der Waals surface area contributed by atoms with Gasteiger partial charge in [-0.15, -0.1) is 0 Å². The lowest BCUT2D eigenvalue weighted by Crippen LogP contribution is -2.29. The quantitative estimate of drug-likeness (QED) is 0.479. The first-order chi connectivity index (χ1) is 12.6. The van der Waals surface area contributed by atoms with Gasteiger partial charge in [0, 0.05) is 36.2 Å². The van der Waals surface area contributed by atoms with Crippen LogP contribution in [-0.2, 0) is 13.1 Å². The first-order valence-electron chi connectivity index (χ1n) is 8.40. The summed E-state index contributed by atoms with van der Waals surface area (Å²) in [5.74, 6) is 0. The fourth-order valence-electron chi connectivity index (χ4n) is 2.53. The number of halogens is 1. The second-order valence-electron chi connectivity index (χ2n) is 5.98. The van der Waals surface area contributed by atoms with E-state index in [9.17, 15) is 0 Å². The minimum absolute atomic E-state index is 0.591. The summed E-state index contributed by atoms with van der Waals surface area (Å²) in [6.45, 7) is 4.38. The van der Waals surface area contributed by atoms with Crippen molar-refractivity contribution in [3.05, 3.63) is 65.2 Å². The average molecular weight is 389 g/mol. The van der Waals surface area contributed by atoms with E-state index in [1.54, 1.807) is 6.20 Å². The number of thiocarbonyl (C=S) groups is 1. The van der Waals surface area contributed by atoms with Gasteiger partial charge in [-0.25, -0.2) is 0 Å². The molecule has 3 rings (SSSR count). The van der Waals surface area contributed by atoms with Crippen molar-refractivity contribution in [2.75, 3.05) is 11.9 Å². The molecule has 26 heavy (non-hydrogen) atoms. The van der Waals surface area contributed by atoms with Crippen LogP contribution in [-0.4, -0.2) is 31.2 Å². The van der Waals surface area contributed by atoms with Crippen LogP contribution in [0.4, 0.5) is 5.69 Å². The molecule has 0 amide bonds. The molecule has 0 aliphatic carbocycles. The summed E-state index contributed by atoms with van der Waals surface area (Å²) in [6.07, 6.45) is 6.45. The highest BCUT2D eigenvalue weighted by atomic mass is 35.5. The molecule has 0 aliphatic rings. The molecular weight excluding hydrogens is 368 g/mol. The van der Waals surface area contributed by atoms with Crippen LogP contribution in [0.3, 0.4) is 0 Å². The lowest BCUT2D eigenvalue weighted by molar-refractivity contribution is 0.561. The van der Waals surface area contributed by atoms with E-state index in [0.29, 0.717) is 11.7 Å². The maximum Gasteiger partial charge on any atom is 0.170 e. The van der Waals surface area contributed by atoms with Crippen molar-refractivity contribution in [3.8, 4) is 0 Å². The molecule has 1 aromatic carbocycles. The van der Waals surface area contributed by atoms with Crippen LogP contribution in [0.15, 0.2) is 48.9 Å². The highest BCUT2D eigenvalue weighted by molar-refractivity contribution is 7.80. The Balaban J connectivity index is 1.41. The van der Waals surface area contributed by atoms with Gasteiger partial charge in [-0.05, 0) is 49.3 Å². The van der Waals surface area contributed by atoms with Gasteiger partial charge in [0.25, 0.3) is 0 Å². The predicted octanol–water partition coefficient (Wildman–Crippen LogP) is 3.47. The molecule has 0 spiro atoms. The van der Waals surface area contributed by atoms with E-state index < -0.39 is 0 Å². The Bertz CT molecular complexity index is 855. The average Bonchev–Trinajstić information content (AvgIpc) is 3.23. The van der Waals surface area contributed by atoms with Crippen molar-refractivity contribution in [2.45, 2.75) is 26.4 Å². The number of aromatic nitrogens is 4. The number of benzene rings is 1. The van der Waals surface area contributed by atoms with E-state index in [1.165, 1.54) is 5.69 Å². The molecule has 3 aromatic rings. The van der Waals surface area contributed by atoms with Crippen LogP contribution in [0.5, 0.6) is 0 Å². The molecule has 0 aliphatic heterocycles. The summed E-state index contributed by atoms with van der Waals surface area (Å²) < 4.78 is 3.84. The number of hydrogen-bond donors (Lipinski definition) is 2. The number of anilines is 1. The Hall–Kier alpha value is -2.38. The van der Waals surface area contributed by atoms with Gasteiger partial charge in [-0.2, -0.15) is 10.2 Å². The van der Waals surface area contributed by atoms with Crippen LogP contribution in [0, 0.1) is 6.92 Å². The molecule has 2 N–H and O–H groups in total. The first-order valence-corrected chi connectivity index (χ1v) is 9.19. The molecule has 0 radical (unpaired) electrons. The molecular formula is C18H21ClN6S. The summed E-state index contributed by atoms with van der Waals surface area (Å²) in [5, 5.41) is 16.3. The summed E-state index contributed by atoms with van der Waals surface area (Å²) in [4.78, 5) is 0. The van der Waals surface area contributed by atoms with Gasteiger partial charge >= 0.3 is 0 Å². The van der Waals surface area contributed by atoms with Crippen molar-refractivity contribution < 1.29 is 0 Å². The van der Waals surface area contributed by atoms with Gasteiger partial charge in [0.15, 0.2) is 5.11 Å². The maximum atomic E-state index is 5.91.